The van der Waals surface area contributed by atoms with E-state index in [9.17, 15) is 15.4 Å². The lowest BCUT2D eigenvalue weighted by molar-refractivity contribution is -0.386. The molecular formula is C19H13ClN4O4S. The smallest absolute Gasteiger partial charge is 0.368 e. The van der Waals surface area contributed by atoms with Crippen LogP contribution in [0.1, 0.15) is 11.1 Å². The van der Waals surface area contributed by atoms with Crippen LogP contribution in [0.5, 0.6) is 17.4 Å². The molecular weight excluding hydrogens is 416 g/mol. The monoisotopic (exact) mass is 428 g/mol. The molecule has 146 valence electrons. The second-order valence-electron chi connectivity index (χ2n) is 5.56. The van der Waals surface area contributed by atoms with Crippen LogP contribution in [0.3, 0.4) is 0 Å². The molecule has 2 aromatic carbocycles. The zero-order valence-electron chi connectivity index (χ0n) is 15.0. The Balaban J connectivity index is 1.99. The molecule has 8 nitrogen and oxygen atoms in total. The molecule has 3 rings (SSSR count). The Morgan fingerprint density at radius 3 is 2.62 bits per heavy atom. The zero-order valence-corrected chi connectivity index (χ0v) is 16.6. The summed E-state index contributed by atoms with van der Waals surface area (Å²) in [7, 11) is 0. The van der Waals surface area contributed by atoms with Crippen molar-refractivity contribution in [2.75, 3.05) is 6.26 Å². The minimum Gasteiger partial charge on any atom is -0.485 e. The molecule has 0 radical (unpaired) electrons. The number of halogens is 1. The molecule has 29 heavy (non-hydrogen) atoms. The van der Waals surface area contributed by atoms with E-state index in [1.54, 1.807) is 18.4 Å². The highest BCUT2D eigenvalue weighted by Gasteiger charge is 2.26. The van der Waals surface area contributed by atoms with E-state index in [4.69, 9.17) is 21.1 Å². The number of thioether (sulfide) groups is 1. The van der Waals surface area contributed by atoms with Gasteiger partial charge in [0.15, 0.2) is 16.7 Å². The molecule has 1 heterocycles. The van der Waals surface area contributed by atoms with Crippen molar-refractivity contribution in [1.29, 1.82) is 5.26 Å². The quantitative estimate of drug-likeness (QED) is 0.170. The Hall–Kier alpha value is -3.35. The highest BCUT2D eigenvalue weighted by molar-refractivity contribution is 7.98. The third-order valence-corrected chi connectivity index (χ3v) is 4.48. The van der Waals surface area contributed by atoms with Crippen LogP contribution < -0.4 is 9.47 Å². The fourth-order valence-electron chi connectivity index (χ4n) is 2.32. The molecule has 0 bridgehead atoms. The maximum Gasteiger partial charge on any atom is 0.368 e. The first-order valence-corrected chi connectivity index (χ1v) is 9.76. The van der Waals surface area contributed by atoms with Crippen molar-refractivity contribution in [3.8, 4) is 23.4 Å². The van der Waals surface area contributed by atoms with E-state index in [1.807, 2.05) is 36.4 Å². The fourth-order valence-corrected chi connectivity index (χ4v) is 2.96. The van der Waals surface area contributed by atoms with Crippen molar-refractivity contribution in [2.45, 2.75) is 11.8 Å². The van der Waals surface area contributed by atoms with Gasteiger partial charge in [-0.05, 0) is 24.0 Å². The van der Waals surface area contributed by atoms with Crippen LogP contribution in [0, 0.1) is 21.4 Å². The number of nitrogens with zero attached hydrogens (tertiary/aromatic N) is 4. The molecule has 0 aliphatic heterocycles. The summed E-state index contributed by atoms with van der Waals surface area (Å²) in [5.41, 5.74) is 0.643. The summed E-state index contributed by atoms with van der Waals surface area (Å²) in [6, 6.07) is 16.0. The van der Waals surface area contributed by atoms with E-state index >= 15 is 0 Å². The van der Waals surface area contributed by atoms with Gasteiger partial charge in [0.05, 0.1) is 16.6 Å². The van der Waals surface area contributed by atoms with Crippen LogP contribution in [-0.4, -0.2) is 21.1 Å². The number of hydrogen-bond acceptors (Lipinski definition) is 8. The van der Waals surface area contributed by atoms with Gasteiger partial charge in [-0.2, -0.15) is 10.2 Å². The molecule has 0 aliphatic carbocycles. The molecule has 0 amide bonds. The predicted octanol–water partition coefficient (Wildman–Crippen LogP) is 5.00. The van der Waals surface area contributed by atoms with Gasteiger partial charge in [-0.25, -0.2) is 4.98 Å². The second-order valence-corrected chi connectivity index (χ2v) is 6.69. The zero-order chi connectivity index (χ0) is 20.8. The Bertz CT molecular complexity index is 1090. The Kier molecular flexibility index (Phi) is 6.49. The molecule has 0 atom stereocenters. The van der Waals surface area contributed by atoms with Gasteiger partial charge in [-0.15, -0.1) is 0 Å². The maximum absolute atomic E-state index is 11.4. The number of aromatic nitrogens is 2. The van der Waals surface area contributed by atoms with E-state index in [-0.39, 0.29) is 28.5 Å². The lowest BCUT2D eigenvalue weighted by Crippen LogP contribution is -2.02. The van der Waals surface area contributed by atoms with Gasteiger partial charge in [0.2, 0.25) is 5.15 Å². The van der Waals surface area contributed by atoms with E-state index in [0.717, 1.165) is 17.3 Å². The van der Waals surface area contributed by atoms with Crippen LogP contribution in [0.4, 0.5) is 5.69 Å². The minimum atomic E-state index is -0.722. The molecule has 0 aliphatic rings. The van der Waals surface area contributed by atoms with Gasteiger partial charge < -0.3 is 9.47 Å². The Labute approximate surface area is 175 Å². The van der Waals surface area contributed by atoms with Crippen LogP contribution in [0.25, 0.3) is 0 Å². The third-order valence-electron chi connectivity index (χ3n) is 3.67. The average molecular weight is 429 g/mol. The van der Waals surface area contributed by atoms with Crippen molar-refractivity contribution in [3.05, 3.63) is 74.9 Å². The molecule has 0 saturated heterocycles. The number of benzene rings is 2. The summed E-state index contributed by atoms with van der Waals surface area (Å²) >= 11 is 7.10. The van der Waals surface area contributed by atoms with Crippen molar-refractivity contribution >= 4 is 29.1 Å². The third kappa shape index (κ3) is 4.93. The van der Waals surface area contributed by atoms with Crippen LogP contribution in [-0.2, 0) is 6.61 Å². The van der Waals surface area contributed by atoms with E-state index < -0.39 is 10.6 Å². The van der Waals surface area contributed by atoms with Crippen LogP contribution in [0.2, 0.25) is 5.15 Å². The Morgan fingerprint density at radius 2 is 1.97 bits per heavy atom. The van der Waals surface area contributed by atoms with Gasteiger partial charge in [0.25, 0.3) is 0 Å². The average Bonchev–Trinajstić information content (AvgIpc) is 2.72. The highest BCUT2D eigenvalue weighted by Crippen LogP contribution is 2.39. The summed E-state index contributed by atoms with van der Waals surface area (Å²) in [5, 5.41) is 20.5. The first kappa shape index (κ1) is 20.4. The number of nitro groups is 1. The molecule has 0 unspecified atom stereocenters. The van der Waals surface area contributed by atoms with E-state index in [2.05, 4.69) is 9.97 Å². The lowest BCUT2D eigenvalue weighted by atomic mass is 10.2. The van der Waals surface area contributed by atoms with Crippen molar-refractivity contribution in [3.63, 3.8) is 0 Å². The molecule has 0 fully saturated rings. The van der Waals surface area contributed by atoms with E-state index in [1.165, 1.54) is 6.07 Å². The van der Waals surface area contributed by atoms with Crippen LogP contribution >= 0.6 is 23.4 Å². The number of rotatable bonds is 7. The molecule has 0 N–H and O–H groups in total. The summed E-state index contributed by atoms with van der Waals surface area (Å²) in [6.07, 6.45) is 1.70. The van der Waals surface area contributed by atoms with Gasteiger partial charge in [0, 0.05) is 6.07 Å². The summed E-state index contributed by atoms with van der Waals surface area (Å²) in [4.78, 5) is 18.6. The molecule has 10 heteroatoms. The standard InChI is InChI=1S/C19H13ClN4O4S/c1-29-19-22-17(20)16(24(25)26)18(23-19)28-15-9-13(10-21)7-8-14(15)27-11-12-5-3-2-4-6-12/h2-9H,11H2,1H3. The molecule has 0 saturated carbocycles. The molecule has 0 spiro atoms. The summed E-state index contributed by atoms with van der Waals surface area (Å²) in [6.45, 7) is 0.242. The topological polar surface area (TPSA) is 111 Å². The van der Waals surface area contributed by atoms with Crippen LogP contribution in [0.15, 0.2) is 53.7 Å². The maximum atomic E-state index is 11.4. The Morgan fingerprint density at radius 1 is 1.21 bits per heavy atom. The van der Waals surface area contributed by atoms with Gasteiger partial charge in [0.1, 0.15) is 6.61 Å². The highest BCUT2D eigenvalue weighted by atomic mass is 35.5. The van der Waals surface area contributed by atoms with Gasteiger partial charge >= 0.3 is 11.6 Å². The van der Waals surface area contributed by atoms with E-state index in [0.29, 0.717) is 11.3 Å². The first-order valence-electron chi connectivity index (χ1n) is 8.16. The number of nitriles is 1. The molecule has 1 aromatic heterocycles. The normalized spacial score (nSPS) is 10.2. The van der Waals surface area contributed by atoms with Crippen molar-refractivity contribution in [2.24, 2.45) is 0 Å². The fraction of sp³-hybridized carbons (Fsp3) is 0.105. The van der Waals surface area contributed by atoms with Crippen molar-refractivity contribution < 1.29 is 14.4 Å². The first-order chi connectivity index (χ1) is 14.0. The summed E-state index contributed by atoms with van der Waals surface area (Å²) in [5.74, 6) is 0.0616. The van der Waals surface area contributed by atoms with Gasteiger partial charge in [-0.1, -0.05) is 53.7 Å². The number of hydrogen-bond donors (Lipinski definition) is 0. The SMILES string of the molecule is CSc1nc(Cl)c([N+](=O)[O-])c(Oc2cc(C#N)ccc2OCc2ccccc2)n1. The van der Waals surface area contributed by atoms with Gasteiger partial charge in [-0.3, -0.25) is 10.1 Å². The largest absolute Gasteiger partial charge is 0.485 e. The second kappa shape index (κ2) is 9.23. The molecule has 3 aromatic rings. The lowest BCUT2D eigenvalue weighted by Gasteiger charge is -2.13. The minimum absolute atomic E-state index is 0.102. The predicted molar refractivity (Wildman–Crippen MR) is 107 cm³/mol. The van der Waals surface area contributed by atoms with Crippen molar-refractivity contribution in [1.82, 2.24) is 9.97 Å². The summed E-state index contributed by atoms with van der Waals surface area (Å²) < 4.78 is 11.5. The number of ether oxygens (including phenoxy) is 2.